The fourth-order valence-electron chi connectivity index (χ4n) is 2.54. The van der Waals surface area contributed by atoms with Gasteiger partial charge in [0.1, 0.15) is 0 Å². The fourth-order valence-corrected chi connectivity index (χ4v) is 2.70. The van der Waals surface area contributed by atoms with Crippen LogP contribution in [0.1, 0.15) is 17.5 Å². The quantitative estimate of drug-likeness (QED) is 0.731. The molecule has 1 aromatic carbocycles. The van der Waals surface area contributed by atoms with Crippen molar-refractivity contribution in [3.05, 3.63) is 23.3 Å². The van der Waals surface area contributed by atoms with Gasteiger partial charge in [0.25, 0.3) is 0 Å². The van der Waals surface area contributed by atoms with Crippen molar-refractivity contribution < 1.29 is 9.47 Å². The second-order valence-electron chi connectivity index (χ2n) is 4.84. The van der Waals surface area contributed by atoms with Crippen LogP contribution in [0.2, 0.25) is 0 Å². The predicted molar refractivity (Wildman–Crippen MR) is 77.8 cm³/mol. The molecule has 3 rings (SSSR count). The van der Waals surface area contributed by atoms with Gasteiger partial charge in [0.2, 0.25) is 0 Å². The third-order valence-corrected chi connectivity index (χ3v) is 4.05. The highest BCUT2D eigenvalue weighted by Gasteiger charge is 2.21. The second kappa shape index (κ2) is 5.25. The van der Waals surface area contributed by atoms with Crippen molar-refractivity contribution in [2.24, 2.45) is 0 Å². The third kappa shape index (κ3) is 2.47. The zero-order chi connectivity index (χ0) is 13.2. The van der Waals surface area contributed by atoms with Crippen molar-refractivity contribution in [1.82, 2.24) is 10.2 Å². The SMILES string of the molecule is CNC(=S)N1CCc2cc3c(cc2C1)OCCCO3. The molecule has 0 fully saturated rings. The van der Waals surface area contributed by atoms with E-state index in [0.29, 0.717) is 0 Å². The van der Waals surface area contributed by atoms with Gasteiger partial charge in [-0.2, -0.15) is 0 Å². The first-order valence-corrected chi connectivity index (χ1v) is 7.07. The van der Waals surface area contributed by atoms with E-state index in [1.165, 1.54) is 11.1 Å². The summed E-state index contributed by atoms with van der Waals surface area (Å²) >= 11 is 5.31. The Hall–Kier alpha value is -1.49. The summed E-state index contributed by atoms with van der Waals surface area (Å²) in [5.74, 6) is 1.76. The molecule has 102 valence electrons. The number of fused-ring (bicyclic) bond motifs is 2. The largest absolute Gasteiger partial charge is 0.490 e. The summed E-state index contributed by atoms with van der Waals surface area (Å²) in [5, 5.41) is 3.84. The lowest BCUT2D eigenvalue weighted by atomic mass is 9.99. The molecule has 0 saturated heterocycles. The Labute approximate surface area is 118 Å². The number of hydrogen-bond donors (Lipinski definition) is 1. The number of benzene rings is 1. The van der Waals surface area contributed by atoms with Crippen LogP contribution in [0.15, 0.2) is 12.1 Å². The standard InChI is InChI=1S/C14H18N2O2S/c1-15-14(19)16-4-3-10-7-12-13(8-11(10)9-16)18-6-2-5-17-12/h7-8H,2-6,9H2,1H3,(H,15,19). The first kappa shape index (κ1) is 12.5. The van der Waals surface area contributed by atoms with Crippen molar-refractivity contribution in [3.63, 3.8) is 0 Å². The summed E-state index contributed by atoms with van der Waals surface area (Å²) in [6, 6.07) is 4.25. The van der Waals surface area contributed by atoms with E-state index in [9.17, 15) is 0 Å². The highest BCUT2D eigenvalue weighted by atomic mass is 32.1. The Morgan fingerprint density at radius 3 is 2.58 bits per heavy atom. The summed E-state index contributed by atoms with van der Waals surface area (Å²) in [5.41, 5.74) is 2.63. The van der Waals surface area contributed by atoms with Crippen molar-refractivity contribution in [2.45, 2.75) is 19.4 Å². The Bertz CT molecular complexity index is 504. The van der Waals surface area contributed by atoms with E-state index < -0.39 is 0 Å². The lowest BCUT2D eigenvalue weighted by molar-refractivity contribution is 0.297. The van der Waals surface area contributed by atoms with Crippen LogP contribution < -0.4 is 14.8 Å². The third-order valence-electron chi connectivity index (χ3n) is 3.58. The molecule has 0 spiro atoms. The van der Waals surface area contributed by atoms with Gasteiger partial charge in [0.15, 0.2) is 16.6 Å². The minimum absolute atomic E-state index is 0.727. The molecule has 0 atom stereocenters. The van der Waals surface area contributed by atoms with E-state index in [1.54, 1.807) is 0 Å². The Morgan fingerprint density at radius 1 is 1.21 bits per heavy atom. The fraction of sp³-hybridized carbons (Fsp3) is 0.500. The molecule has 2 aliphatic rings. The second-order valence-corrected chi connectivity index (χ2v) is 5.23. The molecule has 1 aromatic rings. The van der Waals surface area contributed by atoms with Gasteiger partial charge in [-0.1, -0.05) is 0 Å². The van der Waals surface area contributed by atoms with Gasteiger partial charge in [-0.05, 0) is 41.9 Å². The Kier molecular flexibility index (Phi) is 3.46. The minimum Gasteiger partial charge on any atom is -0.490 e. The van der Waals surface area contributed by atoms with Gasteiger partial charge in [0.05, 0.1) is 13.2 Å². The predicted octanol–water partition coefficient (Wildman–Crippen LogP) is 1.71. The molecule has 4 nitrogen and oxygen atoms in total. The minimum atomic E-state index is 0.727. The van der Waals surface area contributed by atoms with Crippen molar-refractivity contribution in [2.75, 3.05) is 26.8 Å². The van der Waals surface area contributed by atoms with E-state index in [1.807, 2.05) is 7.05 Å². The number of ether oxygens (including phenoxy) is 2. The van der Waals surface area contributed by atoms with E-state index in [4.69, 9.17) is 21.7 Å². The van der Waals surface area contributed by atoms with Crippen LogP contribution in [0.3, 0.4) is 0 Å². The molecule has 0 bridgehead atoms. The van der Waals surface area contributed by atoms with Crippen molar-refractivity contribution >= 4 is 17.3 Å². The summed E-state index contributed by atoms with van der Waals surface area (Å²) in [6.45, 7) is 3.25. The molecular formula is C14H18N2O2S. The Balaban J connectivity index is 1.88. The topological polar surface area (TPSA) is 33.7 Å². The average Bonchev–Trinajstić information content (AvgIpc) is 2.68. The zero-order valence-corrected chi connectivity index (χ0v) is 11.9. The van der Waals surface area contributed by atoms with E-state index in [2.05, 4.69) is 22.3 Å². The summed E-state index contributed by atoms with van der Waals surface area (Å²) in [6.07, 6.45) is 1.93. The van der Waals surface area contributed by atoms with Crippen molar-refractivity contribution in [1.29, 1.82) is 0 Å². The van der Waals surface area contributed by atoms with Crippen LogP contribution in [0.25, 0.3) is 0 Å². The molecule has 0 aromatic heterocycles. The van der Waals surface area contributed by atoms with Crippen molar-refractivity contribution in [3.8, 4) is 11.5 Å². The lowest BCUT2D eigenvalue weighted by Gasteiger charge is -2.31. The van der Waals surface area contributed by atoms with Crippen LogP contribution in [-0.4, -0.2) is 36.8 Å². The van der Waals surface area contributed by atoms with Gasteiger partial charge >= 0.3 is 0 Å². The van der Waals surface area contributed by atoms with Gasteiger partial charge in [-0.25, -0.2) is 0 Å². The van der Waals surface area contributed by atoms with Gasteiger partial charge in [-0.15, -0.1) is 0 Å². The van der Waals surface area contributed by atoms with Crippen LogP contribution in [0, 0.1) is 0 Å². The maximum absolute atomic E-state index is 5.74. The summed E-state index contributed by atoms with van der Waals surface area (Å²) in [4.78, 5) is 2.18. The van der Waals surface area contributed by atoms with E-state index >= 15 is 0 Å². The van der Waals surface area contributed by atoms with E-state index in [-0.39, 0.29) is 0 Å². The van der Waals surface area contributed by atoms with Crippen LogP contribution in [0.4, 0.5) is 0 Å². The normalized spacial score (nSPS) is 17.4. The van der Waals surface area contributed by atoms with Crippen LogP contribution in [0.5, 0.6) is 11.5 Å². The molecular weight excluding hydrogens is 260 g/mol. The highest BCUT2D eigenvalue weighted by Crippen LogP contribution is 2.35. The lowest BCUT2D eigenvalue weighted by Crippen LogP contribution is -2.41. The van der Waals surface area contributed by atoms with Gasteiger partial charge in [0, 0.05) is 26.6 Å². The summed E-state index contributed by atoms with van der Waals surface area (Å²) in [7, 11) is 1.87. The van der Waals surface area contributed by atoms with Crippen LogP contribution in [-0.2, 0) is 13.0 Å². The maximum Gasteiger partial charge on any atom is 0.168 e. The molecule has 0 aliphatic carbocycles. The van der Waals surface area contributed by atoms with Crippen LogP contribution >= 0.6 is 12.2 Å². The molecule has 0 unspecified atom stereocenters. The number of hydrogen-bond acceptors (Lipinski definition) is 3. The maximum atomic E-state index is 5.74. The first-order chi connectivity index (χ1) is 9.28. The smallest absolute Gasteiger partial charge is 0.168 e. The van der Waals surface area contributed by atoms with Gasteiger partial charge in [-0.3, -0.25) is 0 Å². The first-order valence-electron chi connectivity index (χ1n) is 6.66. The monoisotopic (exact) mass is 278 g/mol. The molecule has 2 heterocycles. The van der Waals surface area contributed by atoms with E-state index in [0.717, 1.165) is 55.8 Å². The molecule has 0 radical (unpaired) electrons. The Morgan fingerprint density at radius 2 is 1.89 bits per heavy atom. The molecule has 2 aliphatic heterocycles. The highest BCUT2D eigenvalue weighted by molar-refractivity contribution is 7.80. The molecule has 1 N–H and O–H groups in total. The number of nitrogens with zero attached hydrogens (tertiary/aromatic N) is 1. The summed E-state index contributed by atoms with van der Waals surface area (Å²) < 4.78 is 11.5. The molecule has 19 heavy (non-hydrogen) atoms. The average molecular weight is 278 g/mol. The number of rotatable bonds is 0. The number of nitrogens with one attached hydrogen (secondary N) is 1. The molecule has 5 heteroatoms. The van der Waals surface area contributed by atoms with Gasteiger partial charge < -0.3 is 19.7 Å². The molecule has 0 saturated carbocycles. The molecule has 0 amide bonds. The zero-order valence-electron chi connectivity index (χ0n) is 11.1. The number of thiocarbonyl (C=S) groups is 1.